The molecule has 3 rings (SSSR count). The van der Waals surface area contributed by atoms with Gasteiger partial charge in [-0.15, -0.1) is 0 Å². The first-order valence-corrected chi connectivity index (χ1v) is 7.24. The van der Waals surface area contributed by atoms with Crippen molar-refractivity contribution in [1.29, 1.82) is 0 Å². The monoisotopic (exact) mass is 332 g/mol. The van der Waals surface area contributed by atoms with Crippen molar-refractivity contribution in [3.8, 4) is 0 Å². The fourth-order valence-electron chi connectivity index (χ4n) is 2.18. The van der Waals surface area contributed by atoms with Gasteiger partial charge in [0.15, 0.2) is 5.76 Å². The number of nitrogens with zero attached hydrogens (tertiary/aromatic N) is 2. The molecule has 102 valence electrons. The van der Waals surface area contributed by atoms with Crippen molar-refractivity contribution in [2.24, 2.45) is 0 Å². The number of ketones is 1. The zero-order valence-electron chi connectivity index (χ0n) is 11.0. The molecule has 0 radical (unpaired) electrons. The highest BCUT2D eigenvalue weighted by Crippen LogP contribution is 2.28. The van der Waals surface area contributed by atoms with Gasteiger partial charge < -0.3 is 4.42 Å². The number of aromatic nitrogens is 2. The summed E-state index contributed by atoms with van der Waals surface area (Å²) in [4.78, 5) is 12.5. The van der Waals surface area contributed by atoms with Crippen LogP contribution in [0.2, 0.25) is 0 Å². The number of halogens is 1. The van der Waals surface area contributed by atoms with Gasteiger partial charge in [0, 0.05) is 18.1 Å². The third-order valence-corrected chi connectivity index (χ3v) is 3.73. The molecule has 0 fully saturated rings. The predicted octanol–water partition coefficient (Wildman–Crippen LogP) is 4.03. The molecule has 0 spiro atoms. The van der Waals surface area contributed by atoms with Crippen LogP contribution in [0.4, 0.5) is 0 Å². The number of rotatable bonds is 4. The van der Waals surface area contributed by atoms with Crippen molar-refractivity contribution in [2.75, 3.05) is 0 Å². The van der Waals surface area contributed by atoms with Crippen LogP contribution in [-0.4, -0.2) is 15.6 Å². The van der Waals surface area contributed by atoms with Gasteiger partial charge in [0.25, 0.3) is 0 Å². The first-order chi connectivity index (χ1) is 9.70. The van der Waals surface area contributed by atoms with Crippen LogP contribution in [0, 0.1) is 0 Å². The summed E-state index contributed by atoms with van der Waals surface area (Å²) >= 11 is 3.42. The third kappa shape index (κ3) is 2.18. The minimum absolute atomic E-state index is 0.140. The van der Waals surface area contributed by atoms with Crippen LogP contribution in [0.1, 0.15) is 29.6 Å². The Hall–Kier alpha value is -1.88. The summed E-state index contributed by atoms with van der Waals surface area (Å²) in [6.07, 6.45) is 2.56. The summed E-state index contributed by atoms with van der Waals surface area (Å²) < 4.78 is 8.24. The van der Waals surface area contributed by atoms with Crippen LogP contribution in [0.15, 0.2) is 45.4 Å². The zero-order chi connectivity index (χ0) is 14.1. The summed E-state index contributed by atoms with van der Waals surface area (Å²) in [6.45, 7) is 2.77. The first-order valence-electron chi connectivity index (χ1n) is 6.45. The molecule has 0 saturated carbocycles. The van der Waals surface area contributed by atoms with Crippen molar-refractivity contribution in [2.45, 2.75) is 19.9 Å². The summed E-state index contributed by atoms with van der Waals surface area (Å²) in [6, 6.07) is 9.22. The average Bonchev–Trinajstić information content (AvgIpc) is 3.05. The molecular weight excluding hydrogens is 320 g/mol. The van der Waals surface area contributed by atoms with E-state index in [9.17, 15) is 4.79 Å². The minimum Gasteiger partial charge on any atom is -0.451 e. The molecule has 5 heteroatoms. The van der Waals surface area contributed by atoms with E-state index < -0.39 is 0 Å². The number of carbonyl (C=O) groups excluding carboxylic acids is 1. The fraction of sp³-hybridized carbons (Fsp3) is 0.200. The normalized spacial score (nSPS) is 11.1. The predicted molar refractivity (Wildman–Crippen MR) is 79.9 cm³/mol. The van der Waals surface area contributed by atoms with E-state index in [4.69, 9.17) is 4.42 Å². The molecule has 0 N–H and O–H groups in total. The van der Waals surface area contributed by atoms with E-state index in [1.54, 1.807) is 23.0 Å². The zero-order valence-corrected chi connectivity index (χ0v) is 12.6. The van der Waals surface area contributed by atoms with E-state index in [2.05, 4.69) is 21.0 Å². The van der Waals surface area contributed by atoms with Crippen LogP contribution < -0.4 is 0 Å². The Morgan fingerprint density at radius 2 is 2.25 bits per heavy atom. The van der Waals surface area contributed by atoms with Crippen molar-refractivity contribution in [1.82, 2.24) is 9.78 Å². The number of fused-ring (bicyclic) bond motifs is 1. The summed E-state index contributed by atoms with van der Waals surface area (Å²) in [5, 5.41) is 5.08. The van der Waals surface area contributed by atoms with Crippen molar-refractivity contribution < 1.29 is 9.21 Å². The maximum atomic E-state index is 12.5. The Morgan fingerprint density at radius 3 is 3.00 bits per heavy atom. The Bertz CT molecular complexity index is 773. The lowest BCUT2D eigenvalue weighted by Crippen LogP contribution is -2.10. The van der Waals surface area contributed by atoms with Gasteiger partial charge in [-0.25, -0.2) is 0 Å². The van der Waals surface area contributed by atoms with Gasteiger partial charge >= 0.3 is 0 Å². The van der Waals surface area contributed by atoms with E-state index in [0.717, 1.165) is 22.8 Å². The molecule has 2 aromatic heterocycles. The van der Waals surface area contributed by atoms with Crippen LogP contribution in [0.3, 0.4) is 0 Å². The molecule has 0 amide bonds. The SMILES string of the molecule is CCCn1nccc1C(=O)c1cc2cccc(Br)c2o1. The topological polar surface area (TPSA) is 48.0 Å². The number of furan rings is 1. The first kappa shape index (κ1) is 13.1. The van der Waals surface area contributed by atoms with Crippen molar-refractivity contribution in [3.05, 3.63) is 52.5 Å². The third-order valence-electron chi connectivity index (χ3n) is 3.10. The Kier molecular flexibility index (Phi) is 3.44. The minimum atomic E-state index is -0.140. The number of hydrogen-bond acceptors (Lipinski definition) is 3. The molecule has 20 heavy (non-hydrogen) atoms. The van der Waals surface area contributed by atoms with Crippen LogP contribution >= 0.6 is 15.9 Å². The molecule has 4 nitrogen and oxygen atoms in total. The molecule has 2 heterocycles. The molecule has 1 aromatic carbocycles. The standard InChI is InChI=1S/C15H13BrN2O2/c1-2-8-18-12(6-7-17-18)14(19)13-9-10-4-3-5-11(16)15(10)20-13/h3-7,9H,2,8H2,1H3. The van der Waals surface area contributed by atoms with E-state index in [0.29, 0.717) is 17.0 Å². The van der Waals surface area contributed by atoms with E-state index in [-0.39, 0.29) is 5.78 Å². The van der Waals surface area contributed by atoms with Crippen LogP contribution in [0.25, 0.3) is 11.0 Å². The van der Waals surface area contributed by atoms with Crippen molar-refractivity contribution in [3.63, 3.8) is 0 Å². The molecule has 0 aliphatic rings. The Balaban J connectivity index is 2.04. The second-order valence-corrected chi connectivity index (χ2v) is 5.39. The second-order valence-electron chi connectivity index (χ2n) is 4.54. The fourth-order valence-corrected chi connectivity index (χ4v) is 2.64. The maximum absolute atomic E-state index is 12.5. The van der Waals surface area contributed by atoms with Crippen LogP contribution in [-0.2, 0) is 6.54 Å². The average molecular weight is 333 g/mol. The lowest BCUT2D eigenvalue weighted by molar-refractivity contribution is 0.100. The number of benzene rings is 1. The summed E-state index contributed by atoms with van der Waals surface area (Å²) in [7, 11) is 0. The lowest BCUT2D eigenvalue weighted by Gasteiger charge is -2.02. The number of para-hydroxylation sites is 1. The number of aryl methyl sites for hydroxylation is 1. The number of hydrogen-bond donors (Lipinski definition) is 0. The molecule has 0 aliphatic carbocycles. The van der Waals surface area contributed by atoms with Gasteiger partial charge in [-0.1, -0.05) is 19.1 Å². The summed E-state index contributed by atoms with van der Waals surface area (Å²) in [5.41, 5.74) is 1.25. The van der Waals surface area contributed by atoms with Gasteiger partial charge in [-0.3, -0.25) is 9.48 Å². The second kappa shape index (κ2) is 5.25. The van der Waals surface area contributed by atoms with Gasteiger partial charge in [-0.2, -0.15) is 5.10 Å². The molecule has 0 atom stereocenters. The molecule has 0 saturated heterocycles. The van der Waals surface area contributed by atoms with Gasteiger partial charge in [0.1, 0.15) is 11.3 Å². The molecule has 0 aliphatic heterocycles. The van der Waals surface area contributed by atoms with Gasteiger partial charge in [0.2, 0.25) is 5.78 Å². The van der Waals surface area contributed by atoms with Crippen molar-refractivity contribution >= 4 is 32.7 Å². The molecular formula is C15H13BrN2O2. The highest BCUT2D eigenvalue weighted by atomic mass is 79.9. The molecule has 0 unspecified atom stereocenters. The summed E-state index contributed by atoms with van der Waals surface area (Å²) in [5.74, 6) is 0.198. The smallest absolute Gasteiger partial charge is 0.246 e. The van der Waals surface area contributed by atoms with E-state index in [1.165, 1.54) is 0 Å². The molecule has 3 aromatic rings. The number of carbonyl (C=O) groups is 1. The van der Waals surface area contributed by atoms with E-state index in [1.807, 2.05) is 25.1 Å². The largest absolute Gasteiger partial charge is 0.451 e. The highest BCUT2D eigenvalue weighted by molar-refractivity contribution is 9.10. The molecule has 0 bridgehead atoms. The van der Waals surface area contributed by atoms with Gasteiger partial charge in [-0.05, 0) is 40.5 Å². The maximum Gasteiger partial charge on any atom is 0.246 e. The Morgan fingerprint density at radius 1 is 1.40 bits per heavy atom. The lowest BCUT2D eigenvalue weighted by atomic mass is 10.2. The highest BCUT2D eigenvalue weighted by Gasteiger charge is 2.19. The van der Waals surface area contributed by atoms with Gasteiger partial charge in [0.05, 0.1) is 4.47 Å². The van der Waals surface area contributed by atoms with E-state index >= 15 is 0 Å². The Labute approximate surface area is 124 Å². The quantitative estimate of drug-likeness (QED) is 0.677. The van der Waals surface area contributed by atoms with Crippen LogP contribution in [0.5, 0.6) is 0 Å².